The molecule has 0 fully saturated rings. The molecule has 5 heteroatoms. The predicted octanol–water partition coefficient (Wildman–Crippen LogP) is 4.42. The highest BCUT2D eigenvalue weighted by atomic mass is 79.9. The normalized spacial score (nSPS) is 10.9. The minimum Gasteiger partial charge on any atom is -0.491 e. The molecule has 0 saturated heterocycles. The van der Waals surface area contributed by atoms with Crippen LogP contribution in [0.3, 0.4) is 0 Å². The van der Waals surface area contributed by atoms with Crippen molar-refractivity contribution < 1.29 is 17.9 Å². The zero-order valence-corrected chi connectivity index (χ0v) is 10.4. The molecule has 0 amide bonds. The number of hydrogen-bond donors (Lipinski definition) is 0. The van der Waals surface area contributed by atoms with Crippen molar-refractivity contribution in [2.24, 2.45) is 0 Å². The first kappa shape index (κ1) is 12.2. The van der Waals surface area contributed by atoms with Crippen molar-refractivity contribution in [3.8, 4) is 5.75 Å². The molecule has 0 bridgehead atoms. The number of benzene rings is 2. The standard InChI is InChI=1S/C12H8BrF3O/c1-2-17-8-4-3-6-5-7(13)10(14)12(16)9(6)11(8)15/h3-5H,2H2,1H3. The van der Waals surface area contributed by atoms with Crippen LogP contribution in [0.1, 0.15) is 6.92 Å². The monoisotopic (exact) mass is 304 g/mol. The Morgan fingerprint density at radius 3 is 2.47 bits per heavy atom. The smallest absolute Gasteiger partial charge is 0.175 e. The Bertz CT molecular complexity index is 584. The van der Waals surface area contributed by atoms with E-state index in [9.17, 15) is 13.2 Å². The summed E-state index contributed by atoms with van der Waals surface area (Å²) in [6.45, 7) is 1.94. The summed E-state index contributed by atoms with van der Waals surface area (Å²) in [6, 6.07) is 4.20. The first-order chi connectivity index (χ1) is 8.06. The van der Waals surface area contributed by atoms with Crippen molar-refractivity contribution >= 4 is 26.7 Å². The van der Waals surface area contributed by atoms with Gasteiger partial charge in [0, 0.05) is 0 Å². The van der Waals surface area contributed by atoms with Gasteiger partial charge >= 0.3 is 0 Å². The number of fused-ring (bicyclic) bond motifs is 1. The highest BCUT2D eigenvalue weighted by Gasteiger charge is 2.18. The summed E-state index contributed by atoms with van der Waals surface area (Å²) in [6.07, 6.45) is 0. The third-order valence-electron chi connectivity index (χ3n) is 2.34. The first-order valence-corrected chi connectivity index (χ1v) is 5.74. The third-order valence-corrected chi connectivity index (χ3v) is 2.92. The Labute approximate surface area is 104 Å². The molecule has 0 aliphatic heterocycles. The van der Waals surface area contributed by atoms with Gasteiger partial charge in [-0.1, -0.05) is 6.07 Å². The molecule has 0 radical (unpaired) electrons. The van der Waals surface area contributed by atoms with E-state index in [-0.39, 0.29) is 22.2 Å². The predicted molar refractivity (Wildman–Crippen MR) is 62.7 cm³/mol. The van der Waals surface area contributed by atoms with Crippen molar-refractivity contribution in [3.63, 3.8) is 0 Å². The second-order valence-corrected chi connectivity index (χ2v) is 4.25. The molecule has 0 aliphatic rings. The SMILES string of the molecule is CCOc1ccc2cc(Br)c(F)c(F)c2c1F. The van der Waals surface area contributed by atoms with Gasteiger partial charge in [0.25, 0.3) is 0 Å². The highest BCUT2D eigenvalue weighted by Crippen LogP contribution is 2.32. The summed E-state index contributed by atoms with van der Waals surface area (Å²) in [5, 5.41) is -0.117. The van der Waals surface area contributed by atoms with Gasteiger partial charge in [-0.25, -0.2) is 13.2 Å². The number of halogens is 4. The zero-order valence-electron chi connectivity index (χ0n) is 8.86. The molecule has 0 aromatic heterocycles. The van der Waals surface area contributed by atoms with Crippen LogP contribution in [0.15, 0.2) is 22.7 Å². The summed E-state index contributed by atoms with van der Waals surface area (Å²) in [5.41, 5.74) is 0. The molecule has 0 heterocycles. The first-order valence-electron chi connectivity index (χ1n) is 4.94. The molecular formula is C12H8BrF3O. The van der Waals surface area contributed by atoms with Crippen LogP contribution in [-0.4, -0.2) is 6.61 Å². The molecule has 2 aromatic carbocycles. The van der Waals surface area contributed by atoms with E-state index in [1.807, 2.05) is 0 Å². The highest BCUT2D eigenvalue weighted by molar-refractivity contribution is 9.10. The second-order valence-electron chi connectivity index (χ2n) is 3.40. The fraction of sp³-hybridized carbons (Fsp3) is 0.167. The van der Waals surface area contributed by atoms with Gasteiger partial charge in [0.15, 0.2) is 23.2 Å². The third kappa shape index (κ3) is 1.99. The lowest BCUT2D eigenvalue weighted by Crippen LogP contribution is -1.98. The largest absolute Gasteiger partial charge is 0.491 e. The van der Waals surface area contributed by atoms with Crippen molar-refractivity contribution in [3.05, 3.63) is 40.1 Å². The number of hydrogen-bond acceptors (Lipinski definition) is 1. The van der Waals surface area contributed by atoms with E-state index in [2.05, 4.69) is 15.9 Å². The van der Waals surface area contributed by atoms with E-state index in [1.165, 1.54) is 18.2 Å². The summed E-state index contributed by atoms with van der Waals surface area (Å²) >= 11 is 2.87. The molecule has 0 atom stereocenters. The van der Waals surface area contributed by atoms with Crippen LogP contribution in [0, 0.1) is 17.5 Å². The molecular weight excluding hydrogens is 297 g/mol. The Morgan fingerprint density at radius 2 is 1.82 bits per heavy atom. The molecule has 2 rings (SSSR count). The summed E-state index contributed by atoms with van der Waals surface area (Å²) in [4.78, 5) is 0. The second kappa shape index (κ2) is 4.56. The van der Waals surface area contributed by atoms with Gasteiger partial charge in [0.1, 0.15) is 0 Å². The van der Waals surface area contributed by atoms with E-state index in [0.717, 1.165) is 0 Å². The molecule has 17 heavy (non-hydrogen) atoms. The maximum Gasteiger partial charge on any atom is 0.175 e. The van der Waals surface area contributed by atoms with Gasteiger partial charge < -0.3 is 4.74 Å². The fourth-order valence-electron chi connectivity index (χ4n) is 1.60. The number of ether oxygens (including phenoxy) is 1. The van der Waals surface area contributed by atoms with Gasteiger partial charge in [0.2, 0.25) is 0 Å². The van der Waals surface area contributed by atoms with Crippen LogP contribution in [0.4, 0.5) is 13.2 Å². The van der Waals surface area contributed by atoms with Crippen LogP contribution in [0.25, 0.3) is 10.8 Å². The van der Waals surface area contributed by atoms with Crippen LogP contribution in [0.5, 0.6) is 5.75 Å². The van der Waals surface area contributed by atoms with E-state index in [0.29, 0.717) is 0 Å². The van der Waals surface area contributed by atoms with Crippen LogP contribution in [-0.2, 0) is 0 Å². The molecule has 2 aromatic rings. The lowest BCUT2D eigenvalue weighted by atomic mass is 10.1. The van der Waals surface area contributed by atoms with E-state index >= 15 is 0 Å². The summed E-state index contributed by atoms with van der Waals surface area (Å²) in [5.74, 6) is -3.28. The minimum atomic E-state index is -1.21. The van der Waals surface area contributed by atoms with Crippen LogP contribution >= 0.6 is 15.9 Å². The molecule has 90 valence electrons. The number of rotatable bonds is 2. The average molecular weight is 305 g/mol. The van der Waals surface area contributed by atoms with Crippen molar-refractivity contribution in [2.75, 3.05) is 6.61 Å². The molecule has 0 unspecified atom stereocenters. The molecule has 0 N–H and O–H groups in total. The molecule has 0 aliphatic carbocycles. The van der Waals surface area contributed by atoms with Gasteiger partial charge in [-0.2, -0.15) is 0 Å². The Balaban J connectivity index is 2.80. The van der Waals surface area contributed by atoms with Crippen molar-refractivity contribution in [1.82, 2.24) is 0 Å². The van der Waals surface area contributed by atoms with Gasteiger partial charge in [0.05, 0.1) is 16.5 Å². The maximum atomic E-state index is 13.9. The van der Waals surface area contributed by atoms with E-state index in [1.54, 1.807) is 6.92 Å². The van der Waals surface area contributed by atoms with Gasteiger partial charge in [-0.05, 0) is 40.4 Å². The zero-order chi connectivity index (χ0) is 12.6. The summed E-state index contributed by atoms with van der Waals surface area (Å²) < 4.78 is 45.8. The average Bonchev–Trinajstić information content (AvgIpc) is 2.30. The van der Waals surface area contributed by atoms with Crippen LogP contribution in [0.2, 0.25) is 0 Å². The lowest BCUT2D eigenvalue weighted by molar-refractivity contribution is 0.322. The summed E-state index contributed by atoms with van der Waals surface area (Å²) in [7, 11) is 0. The van der Waals surface area contributed by atoms with Crippen molar-refractivity contribution in [1.29, 1.82) is 0 Å². The lowest BCUT2D eigenvalue weighted by Gasteiger charge is -2.09. The fourth-order valence-corrected chi connectivity index (χ4v) is 2.02. The minimum absolute atomic E-state index is 0.0361. The molecule has 0 saturated carbocycles. The van der Waals surface area contributed by atoms with E-state index < -0.39 is 22.8 Å². The quantitative estimate of drug-likeness (QED) is 0.746. The molecule has 0 spiro atoms. The van der Waals surface area contributed by atoms with Gasteiger partial charge in [-0.3, -0.25) is 0 Å². The Kier molecular flexibility index (Phi) is 3.28. The Morgan fingerprint density at radius 1 is 1.12 bits per heavy atom. The van der Waals surface area contributed by atoms with Crippen LogP contribution < -0.4 is 4.74 Å². The topological polar surface area (TPSA) is 9.23 Å². The van der Waals surface area contributed by atoms with Gasteiger partial charge in [-0.15, -0.1) is 0 Å². The Hall–Kier alpha value is -1.23. The van der Waals surface area contributed by atoms with E-state index in [4.69, 9.17) is 4.74 Å². The van der Waals surface area contributed by atoms with Crippen molar-refractivity contribution in [2.45, 2.75) is 6.92 Å². The molecule has 1 nitrogen and oxygen atoms in total. The maximum absolute atomic E-state index is 13.9.